The summed E-state index contributed by atoms with van der Waals surface area (Å²) in [5, 5.41) is 10.6. The summed E-state index contributed by atoms with van der Waals surface area (Å²) in [5.41, 5.74) is 0.498. The molecule has 3 rings (SSSR count). The molecule has 1 N–H and O–H groups in total. The number of sulfonamides is 1. The molecule has 0 fully saturated rings. The van der Waals surface area contributed by atoms with E-state index in [1.54, 1.807) is 24.3 Å². The molecule has 0 atom stereocenters. The predicted octanol–water partition coefficient (Wildman–Crippen LogP) is 2.45. The molecule has 8 nitrogen and oxygen atoms in total. The summed E-state index contributed by atoms with van der Waals surface area (Å²) in [6, 6.07) is 13.5. The Morgan fingerprint density at radius 1 is 0.969 bits per heavy atom. The van der Waals surface area contributed by atoms with E-state index in [2.05, 4.69) is 0 Å². The van der Waals surface area contributed by atoms with Crippen molar-refractivity contribution in [2.24, 2.45) is 14.1 Å². The highest BCUT2D eigenvalue weighted by Crippen LogP contribution is 2.30. The van der Waals surface area contributed by atoms with Gasteiger partial charge in [0.05, 0.1) is 22.7 Å². The van der Waals surface area contributed by atoms with Crippen LogP contribution in [0.15, 0.2) is 63.0 Å². The van der Waals surface area contributed by atoms with E-state index in [9.17, 15) is 23.1 Å². The molecule has 0 amide bonds. The number of anilines is 1. The predicted molar refractivity (Wildman–Crippen MR) is 124 cm³/mol. The third kappa shape index (κ3) is 4.20. The van der Waals surface area contributed by atoms with Crippen molar-refractivity contribution in [1.29, 1.82) is 0 Å². The quantitative estimate of drug-likeness (QED) is 0.587. The van der Waals surface area contributed by atoms with Gasteiger partial charge in [0.15, 0.2) is 0 Å². The highest BCUT2D eigenvalue weighted by molar-refractivity contribution is 7.92. The summed E-state index contributed by atoms with van der Waals surface area (Å²) in [4.78, 5) is 25.0. The average molecular weight is 458 g/mol. The van der Waals surface area contributed by atoms with Gasteiger partial charge in [-0.05, 0) is 37.1 Å². The number of hydrogen-bond acceptors (Lipinski definition) is 5. The van der Waals surface area contributed by atoms with Gasteiger partial charge in [0.1, 0.15) is 0 Å². The van der Waals surface area contributed by atoms with Gasteiger partial charge in [-0.2, -0.15) is 0 Å². The first-order valence-corrected chi connectivity index (χ1v) is 11.7. The third-order valence-electron chi connectivity index (χ3n) is 5.41. The van der Waals surface area contributed by atoms with E-state index in [1.807, 2.05) is 26.0 Å². The Morgan fingerprint density at radius 3 is 2.22 bits per heavy atom. The molecule has 0 saturated carbocycles. The molecule has 0 aliphatic carbocycles. The fraction of sp³-hybridized carbons (Fsp3) is 0.304. The van der Waals surface area contributed by atoms with Crippen LogP contribution in [0.25, 0.3) is 0 Å². The third-order valence-corrected chi connectivity index (χ3v) is 7.19. The van der Waals surface area contributed by atoms with Gasteiger partial charge in [0.25, 0.3) is 15.6 Å². The smallest absolute Gasteiger partial charge is 0.333 e. The van der Waals surface area contributed by atoms with Crippen LogP contribution >= 0.6 is 0 Å². The van der Waals surface area contributed by atoms with Crippen molar-refractivity contribution in [1.82, 2.24) is 9.13 Å². The van der Waals surface area contributed by atoms with Crippen LogP contribution < -0.4 is 15.6 Å². The molecule has 0 spiro atoms. The number of aromatic hydroxyl groups is 1. The number of para-hydroxylation sites is 1. The van der Waals surface area contributed by atoms with E-state index in [4.69, 9.17) is 0 Å². The van der Waals surface area contributed by atoms with E-state index in [-0.39, 0.29) is 10.5 Å². The number of aryl methyl sites for hydroxylation is 2. The van der Waals surface area contributed by atoms with Gasteiger partial charge in [0, 0.05) is 14.1 Å². The molecule has 0 unspecified atom stereocenters. The SMILES string of the molecule is CCCc1ccccc1N(Cc1c(O)n(C)c(=O)n(C)c1=O)S(=O)(=O)c1ccc(C)cc1. The van der Waals surface area contributed by atoms with Gasteiger partial charge >= 0.3 is 5.69 Å². The fourth-order valence-corrected chi connectivity index (χ4v) is 5.03. The highest BCUT2D eigenvalue weighted by Gasteiger charge is 2.29. The number of aromatic nitrogens is 2. The second-order valence-electron chi connectivity index (χ2n) is 7.71. The van der Waals surface area contributed by atoms with Crippen molar-refractivity contribution in [2.75, 3.05) is 4.31 Å². The summed E-state index contributed by atoms with van der Waals surface area (Å²) < 4.78 is 30.4. The van der Waals surface area contributed by atoms with Crippen LogP contribution in [0.4, 0.5) is 5.69 Å². The van der Waals surface area contributed by atoms with E-state index in [0.29, 0.717) is 12.1 Å². The average Bonchev–Trinajstić information content (AvgIpc) is 2.77. The number of benzene rings is 2. The maximum atomic E-state index is 13.7. The van der Waals surface area contributed by atoms with Crippen molar-refractivity contribution in [2.45, 2.75) is 38.1 Å². The topological polar surface area (TPSA) is 102 Å². The van der Waals surface area contributed by atoms with E-state index in [1.165, 1.54) is 26.2 Å². The molecule has 2 aromatic carbocycles. The molecule has 1 heterocycles. The summed E-state index contributed by atoms with van der Waals surface area (Å²) in [6.45, 7) is 3.42. The van der Waals surface area contributed by atoms with Crippen molar-refractivity contribution < 1.29 is 13.5 Å². The van der Waals surface area contributed by atoms with Gasteiger partial charge < -0.3 is 5.11 Å². The normalized spacial score (nSPS) is 11.5. The molecule has 170 valence electrons. The Bertz CT molecular complexity index is 1360. The minimum Gasteiger partial charge on any atom is -0.494 e. The second-order valence-corrected chi connectivity index (χ2v) is 9.57. The Hall–Kier alpha value is -3.33. The van der Waals surface area contributed by atoms with Gasteiger partial charge in [-0.15, -0.1) is 0 Å². The molecule has 32 heavy (non-hydrogen) atoms. The highest BCUT2D eigenvalue weighted by atomic mass is 32.2. The Morgan fingerprint density at radius 2 is 1.59 bits per heavy atom. The molecule has 1 aromatic heterocycles. The lowest BCUT2D eigenvalue weighted by Gasteiger charge is -2.27. The van der Waals surface area contributed by atoms with Crippen LogP contribution in [0.1, 0.15) is 30.0 Å². The van der Waals surface area contributed by atoms with Crippen LogP contribution in [-0.2, 0) is 37.1 Å². The van der Waals surface area contributed by atoms with E-state index < -0.39 is 33.7 Å². The zero-order chi connectivity index (χ0) is 23.6. The van der Waals surface area contributed by atoms with Gasteiger partial charge in [-0.25, -0.2) is 13.2 Å². The lowest BCUT2D eigenvalue weighted by atomic mass is 10.1. The molecule has 0 bridgehead atoms. The molecule has 0 aliphatic heterocycles. The molecular formula is C23H27N3O5S. The van der Waals surface area contributed by atoms with Crippen molar-refractivity contribution >= 4 is 15.7 Å². The standard InChI is InChI=1S/C23H27N3O5S/c1-5-8-17-9-6-7-10-20(17)26(32(30,31)18-13-11-16(2)12-14-18)15-19-21(27)24(3)23(29)25(4)22(19)28/h6-7,9-14,27H,5,8,15H2,1-4H3. The zero-order valence-electron chi connectivity index (χ0n) is 18.6. The van der Waals surface area contributed by atoms with Gasteiger partial charge in [0.2, 0.25) is 5.88 Å². The van der Waals surface area contributed by atoms with Crippen LogP contribution in [0.5, 0.6) is 5.88 Å². The van der Waals surface area contributed by atoms with Crippen molar-refractivity contribution in [3.05, 3.63) is 86.1 Å². The first-order chi connectivity index (χ1) is 15.1. The number of nitrogens with zero attached hydrogens (tertiary/aromatic N) is 3. The molecule has 9 heteroatoms. The van der Waals surface area contributed by atoms with E-state index >= 15 is 0 Å². The van der Waals surface area contributed by atoms with Crippen LogP contribution in [-0.4, -0.2) is 22.7 Å². The summed E-state index contributed by atoms with van der Waals surface area (Å²) in [7, 11) is -1.48. The maximum absolute atomic E-state index is 13.7. The minimum absolute atomic E-state index is 0.0653. The van der Waals surface area contributed by atoms with Crippen molar-refractivity contribution in [3.8, 4) is 5.88 Å². The molecule has 3 aromatic rings. The first kappa shape index (κ1) is 23.3. The molecule has 0 radical (unpaired) electrons. The number of rotatable bonds is 7. The van der Waals surface area contributed by atoms with E-state index in [0.717, 1.165) is 31.0 Å². The lowest BCUT2D eigenvalue weighted by molar-refractivity contribution is 0.403. The lowest BCUT2D eigenvalue weighted by Crippen LogP contribution is -2.41. The second kappa shape index (κ2) is 9.04. The largest absolute Gasteiger partial charge is 0.494 e. The zero-order valence-corrected chi connectivity index (χ0v) is 19.4. The van der Waals surface area contributed by atoms with Crippen LogP contribution in [0.2, 0.25) is 0 Å². The maximum Gasteiger partial charge on any atom is 0.333 e. The fourth-order valence-electron chi connectivity index (χ4n) is 3.56. The Kier molecular flexibility index (Phi) is 6.59. The minimum atomic E-state index is -4.09. The summed E-state index contributed by atoms with van der Waals surface area (Å²) in [5.74, 6) is -0.560. The first-order valence-electron chi connectivity index (χ1n) is 10.2. The molecular weight excluding hydrogens is 430 g/mol. The number of hydrogen-bond donors (Lipinski definition) is 1. The Balaban J connectivity index is 2.27. The molecule has 0 saturated heterocycles. The van der Waals surface area contributed by atoms with Gasteiger partial charge in [-0.3, -0.25) is 18.2 Å². The van der Waals surface area contributed by atoms with Crippen LogP contribution in [0.3, 0.4) is 0 Å². The monoisotopic (exact) mass is 457 g/mol. The Labute approximate surface area is 187 Å². The summed E-state index contributed by atoms with van der Waals surface area (Å²) >= 11 is 0. The van der Waals surface area contributed by atoms with Gasteiger partial charge in [-0.1, -0.05) is 49.2 Å². The summed E-state index contributed by atoms with van der Waals surface area (Å²) in [6.07, 6.45) is 1.43. The van der Waals surface area contributed by atoms with Crippen molar-refractivity contribution in [3.63, 3.8) is 0 Å². The molecule has 0 aliphatic rings. The van der Waals surface area contributed by atoms with Crippen LogP contribution in [0, 0.1) is 6.92 Å².